The summed E-state index contributed by atoms with van der Waals surface area (Å²) in [6.07, 6.45) is 3.72. The number of rotatable bonds is 5. The standard InChI is InChI=1S/C13H18N2O2.2ClH.Mn/c1-4-8-9(5-2)13(17-3)12(16)11(7-15)10(8)6-14;;;/h6-7,14-16H,4-5H2,1-3H3;2*1H;/q;;;+2/p-2. The SMILES string of the molecule is CCc1c(C=N)c(C=N)c(O)c(OC)c1CC.[Cl-].[Cl-].[Mn+2]. The van der Waals surface area contributed by atoms with Crippen LogP contribution in [-0.2, 0) is 29.9 Å². The molecule has 0 aromatic heterocycles. The third-order valence-corrected chi connectivity index (χ3v) is 2.92. The molecular weight excluding hydrogens is 342 g/mol. The summed E-state index contributed by atoms with van der Waals surface area (Å²) in [7, 11) is 1.51. The maximum atomic E-state index is 10.1. The van der Waals surface area contributed by atoms with Crippen molar-refractivity contribution in [2.75, 3.05) is 7.11 Å². The van der Waals surface area contributed by atoms with Crippen LogP contribution in [0.4, 0.5) is 0 Å². The van der Waals surface area contributed by atoms with Gasteiger partial charge in [0.1, 0.15) is 0 Å². The second-order valence-electron chi connectivity index (χ2n) is 3.66. The van der Waals surface area contributed by atoms with Gasteiger partial charge in [-0.1, -0.05) is 13.8 Å². The van der Waals surface area contributed by atoms with Crippen molar-refractivity contribution in [2.24, 2.45) is 0 Å². The molecule has 20 heavy (non-hydrogen) atoms. The largest absolute Gasteiger partial charge is 2.00 e. The molecule has 4 nitrogen and oxygen atoms in total. The van der Waals surface area contributed by atoms with E-state index in [0.717, 1.165) is 30.2 Å². The zero-order valence-electron chi connectivity index (χ0n) is 11.6. The number of phenolic OH excluding ortho intramolecular Hbond substituents is 1. The van der Waals surface area contributed by atoms with E-state index in [2.05, 4.69) is 0 Å². The molecular formula is C13H18Cl2MnN2O2. The average molecular weight is 360 g/mol. The van der Waals surface area contributed by atoms with Crippen molar-refractivity contribution in [2.45, 2.75) is 26.7 Å². The summed E-state index contributed by atoms with van der Waals surface area (Å²) in [6.45, 7) is 3.97. The molecule has 0 spiro atoms. The molecule has 0 atom stereocenters. The van der Waals surface area contributed by atoms with Gasteiger partial charge in [0.2, 0.25) is 0 Å². The van der Waals surface area contributed by atoms with Gasteiger partial charge in [0.25, 0.3) is 0 Å². The van der Waals surface area contributed by atoms with E-state index in [0.29, 0.717) is 16.9 Å². The summed E-state index contributed by atoms with van der Waals surface area (Å²) in [5.74, 6) is 0.378. The van der Waals surface area contributed by atoms with Crippen LogP contribution in [0.25, 0.3) is 0 Å². The van der Waals surface area contributed by atoms with Gasteiger partial charge in [0.15, 0.2) is 11.5 Å². The Balaban J connectivity index is -0.000000963. The Labute approximate surface area is 142 Å². The molecule has 0 fully saturated rings. The van der Waals surface area contributed by atoms with Gasteiger partial charge < -0.3 is 45.5 Å². The quantitative estimate of drug-likeness (QED) is 0.377. The van der Waals surface area contributed by atoms with Gasteiger partial charge >= 0.3 is 17.1 Å². The Kier molecular flexibility index (Phi) is 13.3. The molecule has 0 bridgehead atoms. The van der Waals surface area contributed by atoms with Crippen molar-refractivity contribution in [3.63, 3.8) is 0 Å². The first-order valence-corrected chi connectivity index (χ1v) is 5.61. The molecule has 0 heterocycles. The van der Waals surface area contributed by atoms with E-state index < -0.39 is 0 Å². The van der Waals surface area contributed by atoms with Crippen molar-refractivity contribution in [3.05, 3.63) is 22.3 Å². The molecule has 0 unspecified atom stereocenters. The van der Waals surface area contributed by atoms with Crippen LogP contribution in [-0.4, -0.2) is 24.6 Å². The van der Waals surface area contributed by atoms with Crippen LogP contribution in [0, 0.1) is 10.8 Å². The maximum absolute atomic E-state index is 10.1. The van der Waals surface area contributed by atoms with E-state index in [9.17, 15) is 5.11 Å². The van der Waals surface area contributed by atoms with E-state index in [1.807, 2.05) is 13.8 Å². The van der Waals surface area contributed by atoms with E-state index >= 15 is 0 Å². The van der Waals surface area contributed by atoms with Crippen molar-refractivity contribution in [1.82, 2.24) is 0 Å². The fourth-order valence-electron chi connectivity index (χ4n) is 2.16. The summed E-state index contributed by atoms with van der Waals surface area (Å²) < 4.78 is 5.22. The van der Waals surface area contributed by atoms with E-state index in [1.165, 1.54) is 13.3 Å². The summed E-state index contributed by atoms with van der Waals surface area (Å²) >= 11 is 0. The topological polar surface area (TPSA) is 77.2 Å². The van der Waals surface area contributed by atoms with Gasteiger partial charge in [0.05, 0.1) is 7.11 Å². The number of phenols is 1. The summed E-state index contributed by atoms with van der Waals surface area (Å²) in [5.41, 5.74) is 2.84. The molecule has 0 saturated heterocycles. The Morgan fingerprint density at radius 2 is 1.45 bits per heavy atom. The maximum Gasteiger partial charge on any atom is 2.00 e. The third kappa shape index (κ3) is 4.12. The summed E-state index contributed by atoms with van der Waals surface area (Å²) in [4.78, 5) is 0. The van der Waals surface area contributed by atoms with Crippen LogP contribution in [0.5, 0.6) is 11.5 Å². The Hall–Kier alpha value is -0.741. The van der Waals surface area contributed by atoms with Crippen LogP contribution in [0.2, 0.25) is 0 Å². The van der Waals surface area contributed by atoms with Gasteiger partial charge in [-0.2, -0.15) is 0 Å². The fraction of sp³-hybridized carbons (Fsp3) is 0.385. The number of nitrogens with one attached hydrogen (secondary N) is 2. The summed E-state index contributed by atoms with van der Waals surface area (Å²) in [5, 5.41) is 24.9. The molecule has 1 aromatic rings. The van der Waals surface area contributed by atoms with Crippen molar-refractivity contribution >= 4 is 12.4 Å². The second kappa shape index (κ2) is 11.0. The fourth-order valence-corrected chi connectivity index (χ4v) is 2.16. The van der Waals surface area contributed by atoms with Crippen molar-refractivity contribution in [1.29, 1.82) is 10.8 Å². The molecule has 0 aliphatic rings. The van der Waals surface area contributed by atoms with Crippen LogP contribution in [0.15, 0.2) is 0 Å². The van der Waals surface area contributed by atoms with Crippen molar-refractivity contribution in [3.8, 4) is 11.5 Å². The zero-order valence-corrected chi connectivity index (χ0v) is 14.3. The van der Waals surface area contributed by atoms with Crippen molar-refractivity contribution < 1.29 is 51.7 Å². The molecule has 113 valence electrons. The molecule has 0 amide bonds. The molecule has 0 saturated carbocycles. The Bertz CT molecular complexity index is 468. The number of hydrogen-bond donors (Lipinski definition) is 3. The smallest absolute Gasteiger partial charge is 1.00 e. The van der Waals surface area contributed by atoms with Crippen LogP contribution < -0.4 is 29.6 Å². The van der Waals surface area contributed by atoms with E-state index in [-0.39, 0.29) is 47.6 Å². The van der Waals surface area contributed by atoms with E-state index in [4.69, 9.17) is 15.6 Å². The van der Waals surface area contributed by atoms with Gasteiger partial charge in [-0.3, -0.25) is 0 Å². The first-order chi connectivity index (χ1) is 8.15. The first-order valence-electron chi connectivity index (χ1n) is 5.61. The predicted octanol–water partition coefficient (Wildman–Crippen LogP) is -3.47. The van der Waals surface area contributed by atoms with Gasteiger partial charge in [-0.25, -0.2) is 0 Å². The number of hydrogen-bond acceptors (Lipinski definition) is 4. The number of methoxy groups -OCH3 is 1. The minimum absolute atomic E-state index is 0. The van der Waals surface area contributed by atoms with Crippen LogP contribution in [0.3, 0.4) is 0 Å². The number of aromatic hydroxyl groups is 1. The molecule has 0 aliphatic heterocycles. The van der Waals surface area contributed by atoms with Gasteiger partial charge in [-0.15, -0.1) is 0 Å². The predicted molar refractivity (Wildman–Crippen MR) is 69.2 cm³/mol. The molecule has 1 aromatic carbocycles. The monoisotopic (exact) mass is 359 g/mol. The minimum atomic E-state index is -0.0462. The van der Waals surface area contributed by atoms with E-state index in [1.54, 1.807) is 0 Å². The van der Waals surface area contributed by atoms with Crippen LogP contribution >= 0.6 is 0 Å². The normalized spacial score (nSPS) is 8.55. The molecule has 0 aliphatic carbocycles. The minimum Gasteiger partial charge on any atom is -1.00 e. The third-order valence-electron chi connectivity index (χ3n) is 2.92. The molecule has 1 radical (unpaired) electrons. The number of benzene rings is 1. The zero-order chi connectivity index (χ0) is 13.0. The Morgan fingerprint density at radius 1 is 1.00 bits per heavy atom. The molecule has 3 N–H and O–H groups in total. The van der Waals surface area contributed by atoms with Gasteiger partial charge in [0, 0.05) is 29.1 Å². The van der Waals surface area contributed by atoms with Crippen LogP contribution in [0.1, 0.15) is 36.1 Å². The first kappa shape index (κ1) is 24.3. The summed E-state index contributed by atoms with van der Waals surface area (Å²) in [6, 6.07) is 0. The second-order valence-corrected chi connectivity index (χ2v) is 3.66. The number of ether oxygens (including phenoxy) is 1. The molecule has 1 rings (SSSR count). The average Bonchev–Trinajstić information content (AvgIpc) is 2.36. The Morgan fingerprint density at radius 3 is 1.75 bits per heavy atom. The van der Waals surface area contributed by atoms with Gasteiger partial charge in [-0.05, 0) is 18.4 Å². The molecule has 7 heteroatoms. The number of halogens is 2.